The number of hydrogen-bond donors (Lipinski definition) is 2. The number of nitrogens with one attached hydrogen (secondary N) is 2. The lowest BCUT2D eigenvalue weighted by atomic mass is 10.2. The predicted octanol–water partition coefficient (Wildman–Crippen LogP) is 0.987. The van der Waals surface area contributed by atoms with Crippen molar-refractivity contribution in [2.75, 3.05) is 20.1 Å². The van der Waals surface area contributed by atoms with E-state index in [4.69, 9.17) is 4.42 Å². The van der Waals surface area contributed by atoms with Gasteiger partial charge in [-0.2, -0.15) is 0 Å². The van der Waals surface area contributed by atoms with E-state index in [0.29, 0.717) is 18.1 Å². The van der Waals surface area contributed by atoms with E-state index in [-0.39, 0.29) is 4.90 Å². The molecule has 0 unspecified atom stereocenters. The monoisotopic (exact) mass is 287 g/mol. The van der Waals surface area contributed by atoms with E-state index in [1.807, 2.05) is 0 Å². The molecular formula is C12H21N3O3S. The second-order valence-electron chi connectivity index (χ2n) is 4.81. The zero-order valence-corrected chi connectivity index (χ0v) is 12.2. The number of aryl methyl sites for hydroxylation is 1. The number of sulfonamides is 1. The summed E-state index contributed by atoms with van der Waals surface area (Å²) in [4.78, 5) is 2.86. The van der Waals surface area contributed by atoms with Crippen LogP contribution >= 0.6 is 0 Å². The minimum Gasteiger partial charge on any atom is -0.464 e. The van der Waals surface area contributed by atoms with Crippen LogP contribution in [-0.2, 0) is 16.6 Å². The number of hydrogen-bond acceptors (Lipinski definition) is 5. The third kappa shape index (κ3) is 3.56. The molecule has 6 nitrogen and oxygen atoms in total. The van der Waals surface area contributed by atoms with E-state index >= 15 is 0 Å². The molecule has 0 radical (unpaired) electrons. The lowest BCUT2D eigenvalue weighted by molar-refractivity contribution is 0.200. The van der Waals surface area contributed by atoms with Gasteiger partial charge in [-0.1, -0.05) is 6.42 Å². The van der Waals surface area contributed by atoms with Crippen LogP contribution in [0.4, 0.5) is 0 Å². The molecule has 1 fully saturated rings. The Labute approximate surface area is 114 Å². The summed E-state index contributed by atoms with van der Waals surface area (Å²) in [5, 5.41) is 4.70. The SMILES string of the molecule is CNCc1cc(S(=O)(=O)NN2CCCCC2)c(C)o1. The van der Waals surface area contributed by atoms with Gasteiger partial charge in [0.25, 0.3) is 10.0 Å². The molecule has 2 heterocycles. The maximum absolute atomic E-state index is 12.3. The van der Waals surface area contributed by atoms with Gasteiger partial charge in [-0.15, -0.1) is 4.83 Å². The summed E-state index contributed by atoms with van der Waals surface area (Å²) in [6, 6.07) is 1.58. The highest BCUT2D eigenvalue weighted by Crippen LogP contribution is 2.20. The van der Waals surface area contributed by atoms with Gasteiger partial charge in [-0.05, 0) is 26.8 Å². The molecule has 7 heteroatoms. The highest BCUT2D eigenvalue weighted by Gasteiger charge is 2.24. The first-order valence-corrected chi connectivity index (χ1v) is 8.02. The average Bonchev–Trinajstić information content (AvgIpc) is 2.72. The molecule has 2 rings (SSSR count). The Morgan fingerprint density at radius 3 is 2.63 bits per heavy atom. The second-order valence-corrected chi connectivity index (χ2v) is 6.44. The van der Waals surface area contributed by atoms with Crippen LogP contribution < -0.4 is 10.1 Å². The molecule has 0 aliphatic carbocycles. The summed E-state index contributed by atoms with van der Waals surface area (Å²) in [7, 11) is -1.74. The summed E-state index contributed by atoms with van der Waals surface area (Å²) < 4.78 is 30.0. The molecule has 2 N–H and O–H groups in total. The van der Waals surface area contributed by atoms with Crippen molar-refractivity contribution in [1.82, 2.24) is 15.2 Å². The van der Waals surface area contributed by atoms with Gasteiger partial charge in [0, 0.05) is 19.2 Å². The first-order valence-electron chi connectivity index (χ1n) is 6.54. The van der Waals surface area contributed by atoms with Crippen molar-refractivity contribution >= 4 is 10.0 Å². The molecule has 1 aliphatic rings. The lowest BCUT2D eigenvalue weighted by Gasteiger charge is -2.26. The van der Waals surface area contributed by atoms with E-state index in [9.17, 15) is 8.42 Å². The molecule has 1 aliphatic heterocycles. The normalized spacial score (nSPS) is 17.8. The molecule has 0 atom stereocenters. The van der Waals surface area contributed by atoms with Crippen molar-refractivity contribution in [3.8, 4) is 0 Å². The zero-order chi connectivity index (χ0) is 13.9. The fourth-order valence-corrected chi connectivity index (χ4v) is 3.58. The molecule has 108 valence electrons. The average molecular weight is 287 g/mol. The van der Waals surface area contributed by atoms with Gasteiger partial charge in [0.2, 0.25) is 0 Å². The van der Waals surface area contributed by atoms with Gasteiger partial charge in [-0.3, -0.25) is 0 Å². The smallest absolute Gasteiger partial charge is 0.256 e. The lowest BCUT2D eigenvalue weighted by Crippen LogP contribution is -2.44. The molecular weight excluding hydrogens is 266 g/mol. The van der Waals surface area contributed by atoms with Gasteiger partial charge in [0.1, 0.15) is 16.4 Å². The molecule has 1 aromatic heterocycles. The van der Waals surface area contributed by atoms with Crippen LogP contribution in [-0.4, -0.2) is 33.6 Å². The van der Waals surface area contributed by atoms with Crippen molar-refractivity contribution in [3.05, 3.63) is 17.6 Å². The third-order valence-electron chi connectivity index (χ3n) is 3.17. The summed E-state index contributed by atoms with van der Waals surface area (Å²) in [6.07, 6.45) is 3.21. The number of hydrazine groups is 1. The Kier molecular flexibility index (Phi) is 4.62. The van der Waals surface area contributed by atoms with Crippen LogP contribution in [0.2, 0.25) is 0 Å². The summed E-state index contributed by atoms with van der Waals surface area (Å²) in [5.41, 5.74) is 0. The molecule has 1 aromatic rings. The fraction of sp³-hybridized carbons (Fsp3) is 0.667. The maximum Gasteiger partial charge on any atom is 0.256 e. The highest BCUT2D eigenvalue weighted by atomic mass is 32.2. The van der Waals surface area contributed by atoms with Gasteiger partial charge in [-0.25, -0.2) is 13.4 Å². The Balaban J connectivity index is 2.14. The number of furan rings is 1. The van der Waals surface area contributed by atoms with Crippen molar-refractivity contribution < 1.29 is 12.8 Å². The van der Waals surface area contributed by atoms with E-state index < -0.39 is 10.0 Å². The summed E-state index contributed by atoms with van der Waals surface area (Å²) >= 11 is 0. The molecule has 0 saturated carbocycles. The molecule has 19 heavy (non-hydrogen) atoms. The standard InChI is InChI=1S/C12H21N3O3S/c1-10-12(8-11(18-10)9-13-2)19(16,17)14-15-6-4-3-5-7-15/h8,13-14H,3-7,9H2,1-2H3. The molecule has 0 amide bonds. The first kappa shape index (κ1) is 14.5. The molecule has 0 bridgehead atoms. The molecule has 1 saturated heterocycles. The first-order chi connectivity index (χ1) is 9.03. The van der Waals surface area contributed by atoms with Gasteiger partial charge in [0.15, 0.2) is 0 Å². The van der Waals surface area contributed by atoms with Crippen molar-refractivity contribution in [2.24, 2.45) is 0 Å². The third-order valence-corrected chi connectivity index (χ3v) is 4.65. The Morgan fingerprint density at radius 2 is 2.00 bits per heavy atom. The number of nitrogens with zero attached hydrogens (tertiary/aromatic N) is 1. The Hall–Kier alpha value is -0.890. The summed E-state index contributed by atoms with van der Waals surface area (Å²) in [5.74, 6) is 1.05. The summed E-state index contributed by atoms with van der Waals surface area (Å²) in [6.45, 7) is 3.71. The van der Waals surface area contributed by atoms with Gasteiger partial charge >= 0.3 is 0 Å². The van der Waals surface area contributed by atoms with Crippen LogP contribution in [0.15, 0.2) is 15.4 Å². The van der Waals surface area contributed by atoms with Crippen molar-refractivity contribution in [1.29, 1.82) is 0 Å². The highest BCUT2D eigenvalue weighted by molar-refractivity contribution is 7.89. The second kappa shape index (κ2) is 6.04. The largest absolute Gasteiger partial charge is 0.464 e. The minimum atomic E-state index is -3.53. The number of piperidine rings is 1. The Morgan fingerprint density at radius 1 is 1.32 bits per heavy atom. The zero-order valence-electron chi connectivity index (χ0n) is 11.4. The van der Waals surface area contributed by atoms with E-state index in [2.05, 4.69) is 10.1 Å². The minimum absolute atomic E-state index is 0.225. The van der Waals surface area contributed by atoms with Crippen LogP contribution in [0.25, 0.3) is 0 Å². The van der Waals surface area contributed by atoms with Crippen molar-refractivity contribution in [2.45, 2.75) is 37.6 Å². The quantitative estimate of drug-likeness (QED) is 0.844. The fourth-order valence-electron chi connectivity index (χ4n) is 2.26. The van der Waals surface area contributed by atoms with Crippen LogP contribution in [0.5, 0.6) is 0 Å². The molecule has 0 aromatic carbocycles. The van der Waals surface area contributed by atoms with E-state index in [0.717, 1.165) is 32.4 Å². The van der Waals surface area contributed by atoms with Gasteiger partial charge < -0.3 is 9.73 Å². The Bertz CT molecular complexity index is 518. The predicted molar refractivity (Wildman–Crippen MR) is 72.0 cm³/mol. The van der Waals surface area contributed by atoms with Crippen LogP contribution in [0.3, 0.4) is 0 Å². The topological polar surface area (TPSA) is 74.6 Å². The van der Waals surface area contributed by atoms with E-state index in [1.54, 1.807) is 25.0 Å². The van der Waals surface area contributed by atoms with E-state index in [1.165, 1.54) is 0 Å². The maximum atomic E-state index is 12.3. The number of rotatable bonds is 5. The molecule has 0 spiro atoms. The van der Waals surface area contributed by atoms with Gasteiger partial charge in [0.05, 0.1) is 6.54 Å². The van der Waals surface area contributed by atoms with Crippen molar-refractivity contribution in [3.63, 3.8) is 0 Å². The van der Waals surface area contributed by atoms with Crippen LogP contribution in [0, 0.1) is 6.92 Å². The van der Waals surface area contributed by atoms with Crippen LogP contribution in [0.1, 0.15) is 30.8 Å².